The van der Waals surface area contributed by atoms with Gasteiger partial charge in [-0.3, -0.25) is 0 Å². The van der Waals surface area contributed by atoms with E-state index in [1.807, 2.05) is 0 Å². The van der Waals surface area contributed by atoms with Crippen LogP contribution in [0.1, 0.15) is 45.4 Å². The van der Waals surface area contributed by atoms with Crippen molar-refractivity contribution in [1.29, 1.82) is 0 Å². The molecular formula is C13H24FNS. The number of hydrogen-bond donors (Lipinski definition) is 1. The van der Waals surface area contributed by atoms with Crippen LogP contribution >= 0.6 is 11.8 Å². The summed E-state index contributed by atoms with van der Waals surface area (Å²) in [7, 11) is 0. The van der Waals surface area contributed by atoms with Gasteiger partial charge in [-0.25, -0.2) is 4.39 Å². The van der Waals surface area contributed by atoms with Crippen LogP contribution in [0.25, 0.3) is 0 Å². The average Bonchev–Trinajstić information content (AvgIpc) is 2.22. The van der Waals surface area contributed by atoms with Gasteiger partial charge in [0.25, 0.3) is 0 Å². The average molecular weight is 245 g/mol. The molecule has 2 N–H and O–H groups in total. The molecule has 0 heterocycles. The Labute approximate surface area is 103 Å². The number of halogens is 1. The van der Waals surface area contributed by atoms with Gasteiger partial charge in [-0.05, 0) is 24.8 Å². The van der Waals surface area contributed by atoms with Crippen LogP contribution in [-0.4, -0.2) is 17.5 Å². The lowest BCUT2D eigenvalue weighted by Crippen LogP contribution is -2.10. The molecule has 1 aliphatic carbocycles. The van der Waals surface area contributed by atoms with Crippen molar-refractivity contribution in [3.05, 3.63) is 11.9 Å². The molecule has 3 heteroatoms. The van der Waals surface area contributed by atoms with Gasteiger partial charge in [0.2, 0.25) is 0 Å². The first-order valence-corrected chi connectivity index (χ1v) is 7.43. The van der Waals surface area contributed by atoms with Crippen LogP contribution in [0.4, 0.5) is 4.39 Å². The summed E-state index contributed by atoms with van der Waals surface area (Å²) in [4.78, 5) is 0. The first-order valence-electron chi connectivity index (χ1n) is 6.38. The fraction of sp³-hybridized carbons (Fsp3) is 0.846. The second-order valence-electron chi connectivity index (χ2n) is 4.79. The Morgan fingerprint density at radius 2 is 1.94 bits per heavy atom. The van der Waals surface area contributed by atoms with Crippen molar-refractivity contribution >= 4 is 11.8 Å². The van der Waals surface area contributed by atoms with E-state index in [9.17, 15) is 4.39 Å². The maximum absolute atomic E-state index is 13.2. The molecule has 94 valence electrons. The highest BCUT2D eigenvalue weighted by molar-refractivity contribution is 8.00. The van der Waals surface area contributed by atoms with Crippen LogP contribution in [0.5, 0.6) is 0 Å². The first-order chi connectivity index (χ1) is 7.72. The Morgan fingerprint density at radius 1 is 1.31 bits per heavy atom. The minimum absolute atomic E-state index is 0.0528. The third-order valence-corrected chi connectivity index (χ3v) is 4.63. The van der Waals surface area contributed by atoms with E-state index in [-0.39, 0.29) is 5.83 Å². The van der Waals surface area contributed by atoms with Gasteiger partial charge >= 0.3 is 0 Å². The van der Waals surface area contributed by atoms with Crippen molar-refractivity contribution in [2.24, 2.45) is 11.7 Å². The number of rotatable bonds is 4. The zero-order chi connectivity index (χ0) is 11.8. The maximum Gasteiger partial charge on any atom is 0.107 e. The second-order valence-corrected chi connectivity index (χ2v) is 6.08. The lowest BCUT2D eigenvalue weighted by atomic mass is 9.92. The third kappa shape index (κ3) is 5.90. The van der Waals surface area contributed by atoms with Crippen LogP contribution in [-0.2, 0) is 0 Å². The van der Waals surface area contributed by atoms with Crippen molar-refractivity contribution in [3.8, 4) is 0 Å². The fourth-order valence-electron chi connectivity index (χ4n) is 2.23. The van der Waals surface area contributed by atoms with E-state index in [0.717, 1.165) is 5.92 Å². The normalized spacial score (nSPS) is 28.6. The molecule has 16 heavy (non-hydrogen) atoms. The predicted molar refractivity (Wildman–Crippen MR) is 71.4 cm³/mol. The Morgan fingerprint density at radius 3 is 2.50 bits per heavy atom. The molecule has 1 saturated carbocycles. The van der Waals surface area contributed by atoms with E-state index in [1.165, 1.54) is 44.6 Å². The van der Waals surface area contributed by atoms with E-state index in [0.29, 0.717) is 17.5 Å². The van der Waals surface area contributed by atoms with Gasteiger partial charge in [-0.2, -0.15) is 11.8 Å². The monoisotopic (exact) mass is 245 g/mol. The summed E-state index contributed by atoms with van der Waals surface area (Å²) in [6, 6.07) is 0. The van der Waals surface area contributed by atoms with Crippen LogP contribution in [0.2, 0.25) is 0 Å². The summed E-state index contributed by atoms with van der Waals surface area (Å²) in [5, 5.41) is 0.657. The molecule has 0 amide bonds. The number of nitrogens with two attached hydrogens (primary N) is 1. The minimum Gasteiger partial charge on any atom is -0.327 e. The molecule has 0 radical (unpaired) electrons. The van der Waals surface area contributed by atoms with Gasteiger partial charge in [0.1, 0.15) is 5.83 Å². The lowest BCUT2D eigenvalue weighted by molar-refractivity contribution is 0.409. The van der Waals surface area contributed by atoms with Crippen molar-refractivity contribution in [1.82, 2.24) is 0 Å². The van der Waals surface area contributed by atoms with Gasteiger partial charge in [0.15, 0.2) is 0 Å². The van der Waals surface area contributed by atoms with Gasteiger partial charge in [0.05, 0.1) is 0 Å². The molecule has 0 saturated heterocycles. The molecule has 1 aliphatic rings. The van der Waals surface area contributed by atoms with E-state index >= 15 is 0 Å². The molecule has 0 aromatic rings. The lowest BCUT2D eigenvalue weighted by Gasteiger charge is -2.21. The Bertz CT molecular complexity index is 208. The molecule has 0 aromatic carbocycles. The molecule has 0 bridgehead atoms. The quantitative estimate of drug-likeness (QED) is 0.813. The van der Waals surface area contributed by atoms with Crippen molar-refractivity contribution in [3.63, 3.8) is 0 Å². The van der Waals surface area contributed by atoms with Crippen molar-refractivity contribution in [2.75, 3.05) is 12.3 Å². The molecule has 0 spiro atoms. The Hall–Kier alpha value is -0.0200. The smallest absolute Gasteiger partial charge is 0.107 e. The summed E-state index contributed by atoms with van der Waals surface area (Å²) < 4.78 is 13.2. The van der Waals surface area contributed by atoms with E-state index in [1.54, 1.807) is 11.8 Å². The van der Waals surface area contributed by atoms with Gasteiger partial charge in [0, 0.05) is 17.5 Å². The van der Waals surface area contributed by atoms with Crippen LogP contribution in [0, 0.1) is 5.92 Å². The highest BCUT2D eigenvalue weighted by atomic mass is 32.2. The summed E-state index contributed by atoms with van der Waals surface area (Å²) in [6.45, 7) is 2.66. The van der Waals surface area contributed by atoms with Crippen LogP contribution in [0.15, 0.2) is 11.9 Å². The number of hydrogen-bond acceptors (Lipinski definition) is 2. The van der Waals surface area contributed by atoms with Gasteiger partial charge in [-0.15, -0.1) is 0 Å². The minimum atomic E-state index is -0.0528. The standard InChI is InChI=1S/C13H24FNS/c1-11-4-2-6-13(7-3-5-11)16-10-12(14)8-9-15/h8,11,13H,2-7,9-10,15H2,1H3/b12-8-. The Balaban J connectivity index is 2.23. The van der Waals surface area contributed by atoms with Crippen molar-refractivity contribution < 1.29 is 4.39 Å². The highest BCUT2D eigenvalue weighted by Crippen LogP contribution is 2.30. The molecular weight excluding hydrogens is 221 g/mol. The summed E-state index contributed by atoms with van der Waals surface area (Å²) >= 11 is 1.77. The maximum atomic E-state index is 13.2. The largest absolute Gasteiger partial charge is 0.327 e. The highest BCUT2D eigenvalue weighted by Gasteiger charge is 2.15. The summed E-state index contributed by atoms with van der Waals surface area (Å²) in [5.74, 6) is 1.35. The van der Waals surface area contributed by atoms with E-state index < -0.39 is 0 Å². The molecule has 1 fully saturated rings. The molecule has 0 aromatic heterocycles. The van der Waals surface area contributed by atoms with Crippen LogP contribution < -0.4 is 5.73 Å². The summed E-state index contributed by atoms with van der Waals surface area (Å²) in [5.41, 5.74) is 5.27. The van der Waals surface area contributed by atoms with Crippen LogP contribution in [0.3, 0.4) is 0 Å². The third-order valence-electron chi connectivity index (χ3n) is 3.24. The van der Waals surface area contributed by atoms with Gasteiger partial charge in [-0.1, -0.05) is 32.6 Å². The zero-order valence-electron chi connectivity index (χ0n) is 10.3. The molecule has 1 nitrogen and oxygen atoms in total. The molecule has 0 unspecified atom stereocenters. The van der Waals surface area contributed by atoms with Crippen molar-refractivity contribution in [2.45, 2.75) is 50.7 Å². The molecule has 1 rings (SSSR count). The van der Waals surface area contributed by atoms with Gasteiger partial charge < -0.3 is 5.73 Å². The molecule has 0 aliphatic heterocycles. The second kappa shape index (κ2) is 8.13. The van der Waals surface area contributed by atoms with E-state index in [4.69, 9.17) is 5.73 Å². The molecule has 0 atom stereocenters. The van der Waals surface area contributed by atoms with E-state index in [2.05, 4.69) is 6.92 Å². The first kappa shape index (κ1) is 14.0. The Kier molecular flexibility index (Phi) is 7.13. The predicted octanol–water partition coefficient (Wildman–Crippen LogP) is 3.89. The zero-order valence-corrected chi connectivity index (χ0v) is 11.1. The number of thioether (sulfide) groups is 1. The topological polar surface area (TPSA) is 26.0 Å². The summed E-state index contributed by atoms with van der Waals surface area (Å²) in [6.07, 6.45) is 9.30. The SMILES string of the molecule is CC1CCCC(SC/C(F)=C/CN)CCC1. The fourth-order valence-corrected chi connectivity index (χ4v) is 3.41.